The van der Waals surface area contributed by atoms with Crippen molar-refractivity contribution in [3.63, 3.8) is 0 Å². The lowest BCUT2D eigenvalue weighted by Gasteiger charge is -2.34. The third kappa shape index (κ3) is 5.26. The van der Waals surface area contributed by atoms with Gasteiger partial charge in [-0.15, -0.1) is 0 Å². The number of nitrogens with one attached hydrogen (secondary N) is 3. The van der Waals surface area contributed by atoms with Crippen molar-refractivity contribution in [2.45, 2.75) is 31.7 Å². The first-order valence-corrected chi connectivity index (χ1v) is 11.2. The maximum Gasteiger partial charge on any atom is 0.182 e. The second kappa shape index (κ2) is 10.8. The molecule has 4 rings (SSSR count). The summed E-state index contributed by atoms with van der Waals surface area (Å²) in [5, 5.41) is 14.8. The Bertz CT molecular complexity index is 1000. The van der Waals surface area contributed by atoms with Gasteiger partial charge in [-0.1, -0.05) is 6.07 Å². The first-order valence-electron chi connectivity index (χ1n) is 11.2. The van der Waals surface area contributed by atoms with Crippen LogP contribution in [0, 0.1) is 5.41 Å². The highest BCUT2D eigenvalue weighted by atomic mass is 15.2. The molecule has 8 nitrogen and oxygen atoms in total. The molecule has 0 saturated carbocycles. The molecule has 1 fully saturated rings. The Labute approximate surface area is 189 Å². The molecule has 0 aliphatic carbocycles. The van der Waals surface area contributed by atoms with E-state index in [1.165, 1.54) is 11.8 Å². The van der Waals surface area contributed by atoms with Gasteiger partial charge in [0, 0.05) is 51.0 Å². The number of aryl methyl sites for hydroxylation is 1. The van der Waals surface area contributed by atoms with Crippen molar-refractivity contribution < 1.29 is 0 Å². The van der Waals surface area contributed by atoms with E-state index in [9.17, 15) is 0 Å². The lowest BCUT2D eigenvalue weighted by molar-refractivity contribution is 0.411. The Morgan fingerprint density at radius 2 is 1.91 bits per heavy atom. The van der Waals surface area contributed by atoms with Gasteiger partial charge in [0.05, 0.1) is 5.56 Å². The average Bonchev–Trinajstić information content (AvgIpc) is 2.87. The van der Waals surface area contributed by atoms with Gasteiger partial charge in [-0.25, -0.2) is 9.97 Å². The number of pyridine rings is 2. The minimum atomic E-state index is 0.507. The Morgan fingerprint density at radius 3 is 2.59 bits per heavy atom. The van der Waals surface area contributed by atoms with E-state index in [4.69, 9.17) is 10.4 Å². The monoisotopic (exact) mass is 430 g/mol. The summed E-state index contributed by atoms with van der Waals surface area (Å²) in [4.78, 5) is 20.2. The molecule has 0 spiro atoms. The van der Waals surface area contributed by atoms with E-state index in [0.29, 0.717) is 17.7 Å². The van der Waals surface area contributed by atoms with Crippen molar-refractivity contribution >= 4 is 17.9 Å². The van der Waals surface area contributed by atoms with Crippen LogP contribution in [0.4, 0.5) is 11.6 Å². The lowest BCUT2D eigenvalue weighted by atomic mass is 10.0. The van der Waals surface area contributed by atoms with Crippen molar-refractivity contribution in [2.24, 2.45) is 0 Å². The smallest absolute Gasteiger partial charge is 0.182 e. The molecule has 0 atom stereocenters. The van der Waals surface area contributed by atoms with Gasteiger partial charge in [-0.05, 0) is 62.1 Å². The largest absolute Gasteiger partial charge is 0.372 e. The van der Waals surface area contributed by atoms with Gasteiger partial charge < -0.3 is 20.9 Å². The van der Waals surface area contributed by atoms with Crippen LogP contribution in [-0.2, 0) is 6.42 Å². The Balaban J connectivity index is 1.38. The van der Waals surface area contributed by atoms with Gasteiger partial charge in [0.15, 0.2) is 5.82 Å². The number of nitrogens with zero attached hydrogens (tertiary/aromatic N) is 5. The fraction of sp³-hybridized carbons (Fsp3) is 0.375. The minimum absolute atomic E-state index is 0.507. The normalized spacial score (nSPS) is 14.3. The summed E-state index contributed by atoms with van der Waals surface area (Å²) in [7, 11) is 1.82. The average molecular weight is 431 g/mol. The van der Waals surface area contributed by atoms with E-state index in [-0.39, 0.29) is 0 Å². The summed E-state index contributed by atoms with van der Waals surface area (Å²) in [6.45, 7) is 2.80. The Kier molecular flexibility index (Phi) is 7.34. The summed E-state index contributed by atoms with van der Waals surface area (Å²) < 4.78 is 0. The summed E-state index contributed by atoms with van der Waals surface area (Å²) >= 11 is 0. The number of hydrogen-bond donors (Lipinski definition) is 3. The predicted octanol–water partition coefficient (Wildman–Crippen LogP) is 3.16. The molecule has 0 bridgehead atoms. The fourth-order valence-corrected chi connectivity index (χ4v) is 4.08. The quantitative estimate of drug-likeness (QED) is 0.354. The molecular formula is C24H30N8. The highest BCUT2D eigenvalue weighted by Gasteiger charge is 2.24. The zero-order chi connectivity index (χ0) is 22.2. The van der Waals surface area contributed by atoms with Crippen LogP contribution in [0.2, 0.25) is 0 Å². The highest BCUT2D eigenvalue weighted by Crippen LogP contribution is 2.28. The standard InChI is InChI=1S/C24H30N8/c1-26-22-20(17-25)24(31-23(30-22)21-6-2-3-11-29-21)32-15-9-19(10-16-32)28-12-4-5-18-7-13-27-14-8-18/h2-3,6-8,11,13-14,17,19,25,28H,4-5,9-10,12,15-16H2,1H3,(H,26,30,31). The van der Waals surface area contributed by atoms with Crippen LogP contribution in [0.1, 0.15) is 30.4 Å². The molecule has 0 aromatic carbocycles. The van der Waals surface area contributed by atoms with Crippen molar-refractivity contribution in [3.8, 4) is 11.5 Å². The molecule has 4 heterocycles. The first kappa shape index (κ1) is 21.8. The second-order valence-corrected chi connectivity index (χ2v) is 7.92. The van der Waals surface area contributed by atoms with Crippen molar-refractivity contribution in [2.75, 3.05) is 36.9 Å². The van der Waals surface area contributed by atoms with Crippen LogP contribution in [0.5, 0.6) is 0 Å². The van der Waals surface area contributed by atoms with Crippen LogP contribution in [-0.4, -0.2) is 58.9 Å². The van der Waals surface area contributed by atoms with Crippen LogP contribution in [0.3, 0.4) is 0 Å². The van der Waals surface area contributed by atoms with Crippen molar-refractivity contribution in [3.05, 3.63) is 60.0 Å². The molecule has 0 unspecified atom stereocenters. The molecule has 166 valence electrons. The molecule has 0 amide bonds. The third-order valence-electron chi connectivity index (χ3n) is 5.82. The van der Waals surface area contributed by atoms with Gasteiger partial charge in [-0.2, -0.15) is 0 Å². The number of aromatic nitrogens is 4. The Morgan fingerprint density at radius 1 is 1.09 bits per heavy atom. The topological polar surface area (TPSA) is 103 Å². The van der Waals surface area contributed by atoms with Crippen LogP contribution >= 0.6 is 0 Å². The second-order valence-electron chi connectivity index (χ2n) is 7.92. The molecule has 3 aromatic heterocycles. The molecule has 32 heavy (non-hydrogen) atoms. The highest BCUT2D eigenvalue weighted by molar-refractivity contribution is 5.91. The zero-order valence-electron chi connectivity index (χ0n) is 18.5. The summed E-state index contributed by atoms with van der Waals surface area (Å²) in [6, 6.07) is 10.4. The number of rotatable bonds is 9. The molecule has 3 N–H and O–H groups in total. The van der Waals surface area contributed by atoms with Gasteiger partial charge in [0.25, 0.3) is 0 Å². The maximum absolute atomic E-state index is 7.94. The van der Waals surface area contributed by atoms with E-state index in [1.807, 2.05) is 37.6 Å². The lowest BCUT2D eigenvalue weighted by Crippen LogP contribution is -2.43. The van der Waals surface area contributed by atoms with Crippen LogP contribution in [0.15, 0.2) is 48.9 Å². The van der Waals surface area contributed by atoms with Gasteiger partial charge in [-0.3, -0.25) is 9.97 Å². The van der Waals surface area contributed by atoms with Crippen molar-refractivity contribution in [1.29, 1.82) is 5.41 Å². The van der Waals surface area contributed by atoms with E-state index in [0.717, 1.165) is 62.4 Å². The van der Waals surface area contributed by atoms with Crippen LogP contribution < -0.4 is 15.5 Å². The first-order chi connectivity index (χ1) is 15.8. The maximum atomic E-state index is 7.94. The number of anilines is 2. The molecule has 0 radical (unpaired) electrons. The Hall–Kier alpha value is -3.39. The molecule has 1 aliphatic heterocycles. The molecular weight excluding hydrogens is 400 g/mol. The van der Waals surface area contributed by atoms with Gasteiger partial charge >= 0.3 is 0 Å². The number of hydrogen-bond acceptors (Lipinski definition) is 8. The predicted molar refractivity (Wildman–Crippen MR) is 128 cm³/mol. The molecule has 8 heteroatoms. The molecule has 1 aliphatic rings. The summed E-state index contributed by atoms with van der Waals surface area (Å²) in [5.74, 6) is 2.03. The van der Waals surface area contributed by atoms with Gasteiger partial charge in [0.1, 0.15) is 17.3 Å². The summed E-state index contributed by atoms with van der Waals surface area (Å²) in [6.07, 6.45) is 11.1. The van der Waals surface area contributed by atoms with E-state index >= 15 is 0 Å². The SMILES string of the molecule is CNc1nc(-c2ccccn2)nc(N2CCC(NCCCc3ccncc3)CC2)c1C=N. The van der Waals surface area contributed by atoms with E-state index in [2.05, 4.69) is 42.6 Å². The summed E-state index contributed by atoms with van der Waals surface area (Å²) in [5.41, 5.74) is 2.78. The van der Waals surface area contributed by atoms with Crippen LogP contribution in [0.25, 0.3) is 11.5 Å². The molecule has 3 aromatic rings. The minimum Gasteiger partial charge on any atom is -0.372 e. The van der Waals surface area contributed by atoms with E-state index in [1.54, 1.807) is 6.20 Å². The zero-order valence-corrected chi connectivity index (χ0v) is 18.5. The fourth-order valence-electron chi connectivity index (χ4n) is 4.08. The van der Waals surface area contributed by atoms with Gasteiger partial charge in [0.2, 0.25) is 0 Å². The van der Waals surface area contributed by atoms with Crippen molar-refractivity contribution in [1.82, 2.24) is 25.3 Å². The third-order valence-corrected chi connectivity index (χ3v) is 5.82. The molecule has 1 saturated heterocycles. The number of piperidine rings is 1. The van der Waals surface area contributed by atoms with E-state index < -0.39 is 0 Å².